The van der Waals surface area contributed by atoms with Crippen molar-refractivity contribution in [2.75, 3.05) is 0 Å². The topological polar surface area (TPSA) is 40.9 Å². The summed E-state index contributed by atoms with van der Waals surface area (Å²) in [6.45, 7) is 0. The summed E-state index contributed by atoms with van der Waals surface area (Å²) in [5, 5.41) is 10.1. The van der Waals surface area contributed by atoms with Crippen molar-refractivity contribution in [3.63, 3.8) is 0 Å². The largest absolute Gasteiger partial charge is 0.291 e. The lowest BCUT2D eigenvalue weighted by Crippen LogP contribution is -2.10. The fourth-order valence-corrected chi connectivity index (χ4v) is 4.14. The molecule has 20 heavy (non-hydrogen) atoms. The minimum absolute atomic E-state index is 0.284. The predicted octanol–water partition coefficient (Wildman–Crippen LogP) is 6.07. The zero-order valence-corrected chi connectivity index (χ0v) is 15.2. The van der Waals surface area contributed by atoms with Crippen molar-refractivity contribution >= 4 is 72.2 Å². The van der Waals surface area contributed by atoms with E-state index in [0.717, 1.165) is 8.26 Å². The minimum atomic E-state index is -0.947. The predicted molar refractivity (Wildman–Crippen MR) is 88.9 cm³/mol. The molecule has 0 saturated carbocycles. The molecule has 1 heterocycles. The molecular formula is C13H5Br2Cl2NOS. The van der Waals surface area contributed by atoms with Crippen molar-refractivity contribution in [2.45, 2.75) is 5.92 Å². The molecule has 2 nitrogen and oxygen atoms in total. The van der Waals surface area contributed by atoms with E-state index in [-0.39, 0.29) is 5.78 Å². The van der Waals surface area contributed by atoms with E-state index in [4.69, 9.17) is 23.2 Å². The van der Waals surface area contributed by atoms with E-state index in [1.807, 2.05) is 6.07 Å². The number of thiophene rings is 1. The molecule has 0 saturated heterocycles. The number of nitriles is 1. The molecule has 0 radical (unpaired) electrons. The monoisotopic (exact) mass is 451 g/mol. The molecule has 0 amide bonds. The normalized spacial score (nSPS) is 11.9. The van der Waals surface area contributed by atoms with Gasteiger partial charge in [0.15, 0.2) is 5.78 Å². The number of halogens is 4. The van der Waals surface area contributed by atoms with Gasteiger partial charge in [0.05, 0.1) is 14.7 Å². The molecule has 0 N–H and O–H groups in total. The molecule has 0 bridgehead atoms. The number of ketones is 1. The van der Waals surface area contributed by atoms with Gasteiger partial charge >= 0.3 is 0 Å². The number of hydrogen-bond donors (Lipinski definition) is 0. The molecule has 0 aliphatic rings. The highest BCUT2D eigenvalue weighted by atomic mass is 79.9. The van der Waals surface area contributed by atoms with Gasteiger partial charge in [-0.2, -0.15) is 5.26 Å². The van der Waals surface area contributed by atoms with Crippen molar-refractivity contribution < 1.29 is 4.79 Å². The third-order valence-corrected chi connectivity index (χ3v) is 6.39. The summed E-state index contributed by atoms with van der Waals surface area (Å²) < 4.78 is 1.59. The SMILES string of the molecule is N#CC(C(=O)c1cc(Br)c(Br)s1)c1ccc(Cl)cc1Cl. The van der Waals surface area contributed by atoms with E-state index in [1.165, 1.54) is 17.4 Å². The van der Waals surface area contributed by atoms with Crippen LogP contribution in [0.5, 0.6) is 0 Å². The van der Waals surface area contributed by atoms with Crippen LogP contribution in [0.15, 0.2) is 32.5 Å². The Kier molecular flexibility index (Phi) is 5.27. The van der Waals surface area contributed by atoms with E-state index in [0.29, 0.717) is 20.5 Å². The molecule has 1 atom stereocenters. The van der Waals surface area contributed by atoms with Gasteiger partial charge in [0.2, 0.25) is 0 Å². The van der Waals surface area contributed by atoms with Gasteiger partial charge in [-0.15, -0.1) is 11.3 Å². The second-order valence-corrected chi connectivity index (χ2v) is 7.89. The lowest BCUT2D eigenvalue weighted by atomic mass is 9.95. The molecule has 0 aliphatic carbocycles. The fraction of sp³-hybridized carbons (Fsp3) is 0.0769. The molecular weight excluding hydrogens is 449 g/mol. The Morgan fingerprint density at radius 2 is 2.00 bits per heavy atom. The molecule has 1 unspecified atom stereocenters. The Labute approximate surface area is 146 Å². The Balaban J connectivity index is 2.42. The summed E-state index contributed by atoms with van der Waals surface area (Å²) in [6, 6.07) is 8.43. The number of benzene rings is 1. The fourth-order valence-electron chi connectivity index (χ4n) is 1.62. The van der Waals surface area contributed by atoms with Crippen molar-refractivity contribution in [3.8, 4) is 6.07 Å². The van der Waals surface area contributed by atoms with E-state index in [1.54, 1.807) is 18.2 Å². The van der Waals surface area contributed by atoms with E-state index in [9.17, 15) is 10.1 Å². The quantitative estimate of drug-likeness (QED) is 0.529. The first-order valence-corrected chi connectivity index (χ1v) is 8.43. The van der Waals surface area contributed by atoms with Gasteiger partial charge in [0, 0.05) is 14.5 Å². The highest BCUT2D eigenvalue weighted by molar-refractivity contribution is 9.13. The first-order chi connectivity index (χ1) is 9.43. The Morgan fingerprint density at radius 1 is 1.30 bits per heavy atom. The van der Waals surface area contributed by atoms with Crippen LogP contribution in [-0.4, -0.2) is 5.78 Å². The number of carbonyl (C=O) groups is 1. The van der Waals surface area contributed by atoms with Crippen molar-refractivity contribution in [1.29, 1.82) is 5.26 Å². The summed E-state index contributed by atoms with van der Waals surface area (Å²) in [4.78, 5) is 12.9. The lowest BCUT2D eigenvalue weighted by molar-refractivity contribution is 0.0983. The zero-order chi connectivity index (χ0) is 14.9. The maximum Gasteiger partial charge on any atom is 0.194 e. The Morgan fingerprint density at radius 3 is 2.50 bits per heavy atom. The summed E-state index contributed by atoms with van der Waals surface area (Å²) in [5.74, 6) is -1.23. The molecule has 7 heteroatoms. The van der Waals surface area contributed by atoms with Crippen LogP contribution in [0.4, 0.5) is 0 Å². The standard InChI is InChI=1S/C13H5Br2Cl2NOS/c14-9-4-11(20-13(9)15)12(19)8(5-18)7-2-1-6(16)3-10(7)17/h1-4,8H. The van der Waals surface area contributed by atoms with Crippen LogP contribution in [0.25, 0.3) is 0 Å². The average Bonchev–Trinajstić information content (AvgIpc) is 2.73. The number of carbonyl (C=O) groups excluding carboxylic acids is 1. The van der Waals surface area contributed by atoms with Gasteiger partial charge in [0.1, 0.15) is 5.92 Å². The summed E-state index contributed by atoms with van der Waals surface area (Å²) >= 11 is 19.8. The molecule has 0 fully saturated rings. The highest BCUT2D eigenvalue weighted by Gasteiger charge is 2.26. The van der Waals surface area contributed by atoms with Gasteiger partial charge in [-0.1, -0.05) is 29.3 Å². The summed E-state index contributed by atoms with van der Waals surface area (Å²) in [5.41, 5.74) is 0.462. The smallest absolute Gasteiger partial charge is 0.194 e. The molecule has 1 aromatic carbocycles. The van der Waals surface area contributed by atoms with Gasteiger partial charge in [0.25, 0.3) is 0 Å². The van der Waals surface area contributed by atoms with Crippen LogP contribution in [0.2, 0.25) is 10.0 Å². The summed E-state index contributed by atoms with van der Waals surface area (Å²) in [6.07, 6.45) is 0. The molecule has 102 valence electrons. The van der Waals surface area contributed by atoms with Crippen LogP contribution < -0.4 is 0 Å². The zero-order valence-electron chi connectivity index (χ0n) is 9.66. The third kappa shape index (κ3) is 3.26. The maximum atomic E-state index is 12.4. The highest BCUT2D eigenvalue weighted by Crippen LogP contribution is 2.36. The van der Waals surface area contributed by atoms with Crippen LogP contribution in [0.3, 0.4) is 0 Å². The lowest BCUT2D eigenvalue weighted by Gasteiger charge is -2.09. The number of rotatable bonds is 3. The maximum absolute atomic E-state index is 12.4. The first kappa shape index (κ1) is 16.0. The van der Waals surface area contributed by atoms with Crippen molar-refractivity contribution in [2.24, 2.45) is 0 Å². The van der Waals surface area contributed by atoms with Gasteiger partial charge in [-0.3, -0.25) is 4.79 Å². The molecule has 0 aliphatic heterocycles. The Bertz CT molecular complexity index is 704. The van der Waals surface area contributed by atoms with Crippen LogP contribution in [-0.2, 0) is 0 Å². The average molecular weight is 454 g/mol. The van der Waals surface area contributed by atoms with Crippen molar-refractivity contribution in [1.82, 2.24) is 0 Å². The minimum Gasteiger partial charge on any atom is -0.291 e. The molecule has 2 aromatic rings. The van der Waals surface area contributed by atoms with E-state index >= 15 is 0 Å². The van der Waals surface area contributed by atoms with E-state index < -0.39 is 5.92 Å². The first-order valence-electron chi connectivity index (χ1n) is 5.27. The van der Waals surface area contributed by atoms with E-state index in [2.05, 4.69) is 31.9 Å². The van der Waals surface area contributed by atoms with Gasteiger partial charge in [-0.25, -0.2) is 0 Å². The number of nitrogens with zero attached hydrogens (tertiary/aromatic N) is 1. The van der Waals surface area contributed by atoms with Gasteiger partial charge in [-0.05, 0) is 55.6 Å². The summed E-state index contributed by atoms with van der Waals surface area (Å²) in [7, 11) is 0. The van der Waals surface area contributed by atoms with Crippen LogP contribution in [0.1, 0.15) is 21.2 Å². The van der Waals surface area contributed by atoms with Crippen LogP contribution in [0, 0.1) is 11.3 Å². The second kappa shape index (κ2) is 6.59. The third-order valence-electron chi connectivity index (χ3n) is 2.55. The molecule has 2 rings (SSSR count). The molecule has 1 aromatic heterocycles. The Hall–Kier alpha value is -0.380. The molecule has 0 spiro atoms. The number of Topliss-reactive ketones (excluding diaryl/α,β-unsaturated/α-hetero) is 1. The second-order valence-electron chi connectivity index (χ2n) is 3.82. The van der Waals surface area contributed by atoms with Crippen molar-refractivity contribution in [3.05, 3.63) is 53.0 Å². The number of hydrogen-bond acceptors (Lipinski definition) is 3. The van der Waals surface area contributed by atoms with Crippen LogP contribution >= 0.6 is 66.4 Å². The van der Waals surface area contributed by atoms with Gasteiger partial charge < -0.3 is 0 Å².